The van der Waals surface area contributed by atoms with Crippen molar-refractivity contribution in [1.82, 2.24) is 9.78 Å². The number of hydrogen-bond donors (Lipinski definition) is 1. The molecule has 1 heterocycles. The van der Waals surface area contributed by atoms with Gasteiger partial charge < -0.3 is 5.11 Å². The molecule has 2 rings (SSSR count). The van der Waals surface area contributed by atoms with E-state index in [4.69, 9.17) is 5.11 Å². The van der Waals surface area contributed by atoms with Gasteiger partial charge in [0.2, 0.25) is 0 Å². The van der Waals surface area contributed by atoms with Gasteiger partial charge in [0.05, 0.1) is 11.4 Å². The maximum absolute atomic E-state index is 10.9. The molecule has 0 saturated heterocycles. The molecular weight excluding hydrogens is 216 g/mol. The highest BCUT2D eigenvalue weighted by Gasteiger charge is 2.15. The summed E-state index contributed by atoms with van der Waals surface area (Å²) >= 11 is 0. The van der Waals surface area contributed by atoms with Crippen LogP contribution in [0, 0.1) is 12.8 Å². The molecule has 0 aliphatic heterocycles. The molecule has 17 heavy (non-hydrogen) atoms. The van der Waals surface area contributed by atoms with Gasteiger partial charge in [-0.1, -0.05) is 19.1 Å². The van der Waals surface area contributed by atoms with Crippen molar-refractivity contribution in [2.24, 2.45) is 13.0 Å². The monoisotopic (exact) mass is 232 g/mol. The van der Waals surface area contributed by atoms with Gasteiger partial charge in [0.25, 0.3) is 0 Å². The second kappa shape index (κ2) is 4.20. The minimum absolute atomic E-state index is 0.375. The fraction of sp³-hybridized carbons (Fsp3) is 0.385. The quantitative estimate of drug-likeness (QED) is 0.882. The molecule has 1 aromatic carbocycles. The van der Waals surface area contributed by atoms with Gasteiger partial charge in [-0.2, -0.15) is 5.10 Å². The van der Waals surface area contributed by atoms with Gasteiger partial charge in [-0.15, -0.1) is 0 Å². The van der Waals surface area contributed by atoms with Crippen LogP contribution in [0.2, 0.25) is 0 Å². The third-order valence-electron chi connectivity index (χ3n) is 3.18. The van der Waals surface area contributed by atoms with Crippen LogP contribution in [0.25, 0.3) is 10.9 Å². The molecule has 0 amide bonds. The SMILES string of the molecule is Cc1c2c(CC(C)C(=O)O)cccc2nn1C. The number of aryl methyl sites for hydroxylation is 2. The van der Waals surface area contributed by atoms with Crippen molar-refractivity contribution in [3.8, 4) is 0 Å². The van der Waals surface area contributed by atoms with Crippen molar-refractivity contribution in [3.63, 3.8) is 0 Å². The molecule has 4 nitrogen and oxygen atoms in total. The molecule has 1 N–H and O–H groups in total. The lowest BCUT2D eigenvalue weighted by Gasteiger charge is -2.07. The predicted molar refractivity (Wildman–Crippen MR) is 66.0 cm³/mol. The summed E-state index contributed by atoms with van der Waals surface area (Å²) in [6.07, 6.45) is 0.541. The fourth-order valence-electron chi connectivity index (χ4n) is 2.07. The highest BCUT2D eigenvalue weighted by atomic mass is 16.4. The lowest BCUT2D eigenvalue weighted by Crippen LogP contribution is -2.12. The number of aromatic nitrogens is 2. The zero-order chi connectivity index (χ0) is 12.6. The van der Waals surface area contributed by atoms with Crippen LogP contribution in [0.1, 0.15) is 18.2 Å². The first kappa shape index (κ1) is 11.6. The Kier molecular flexibility index (Phi) is 2.88. The van der Waals surface area contributed by atoms with E-state index in [0.717, 1.165) is 22.2 Å². The number of benzene rings is 1. The third kappa shape index (κ3) is 2.02. The molecule has 1 unspecified atom stereocenters. The Labute approximate surface area is 99.9 Å². The molecule has 90 valence electrons. The molecular formula is C13H16N2O2. The van der Waals surface area contributed by atoms with Crippen LogP contribution in [0.4, 0.5) is 0 Å². The first-order chi connectivity index (χ1) is 8.00. The Balaban J connectivity index is 2.50. The molecule has 0 saturated carbocycles. The summed E-state index contributed by atoms with van der Waals surface area (Å²) in [6.45, 7) is 3.73. The number of nitrogens with zero attached hydrogens (tertiary/aromatic N) is 2. The molecule has 0 fully saturated rings. The van der Waals surface area contributed by atoms with Crippen molar-refractivity contribution in [3.05, 3.63) is 29.5 Å². The highest BCUT2D eigenvalue weighted by molar-refractivity contribution is 5.85. The van der Waals surface area contributed by atoms with E-state index in [1.54, 1.807) is 6.92 Å². The number of hydrogen-bond acceptors (Lipinski definition) is 2. The van der Waals surface area contributed by atoms with Crippen LogP contribution in [-0.2, 0) is 18.3 Å². The molecule has 1 atom stereocenters. The molecule has 0 aliphatic carbocycles. The predicted octanol–water partition coefficient (Wildman–Crippen LogP) is 2.14. The van der Waals surface area contributed by atoms with Gasteiger partial charge in [0, 0.05) is 18.1 Å². The van der Waals surface area contributed by atoms with E-state index in [2.05, 4.69) is 5.10 Å². The maximum atomic E-state index is 10.9. The number of carboxylic acids is 1. The molecule has 2 aromatic rings. The van der Waals surface area contributed by atoms with Gasteiger partial charge in [-0.05, 0) is 25.0 Å². The Morgan fingerprint density at radius 2 is 2.24 bits per heavy atom. The Bertz CT molecular complexity index is 572. The minimum atomic E-state index is -0.761. The molecule has 0 aliphatic rings. The van der Waals surface area contributed by atoms with E-state index < -0.39 is 5.97 Å². The average molecular weight is 232 g/mol. The van der Waals surface area contributed by atoms with Crippen molar-refractivity contribution < 1.29 is 9.90 Å². The number of carbonyl (C=O) groups is 1. The zero-order valence-corrected chi connectivity index (χ0v) is 10.3. The summed E-state index contributed by atoms with van der Waals surface area (Å²) < 4.78 is 1.83. The van der Waals surface area contributed by atoms with E-state index in [0.29, 0.717) is 6.42 Å². The van der Waals surface area contributed by atoms with E-state index in [-0.39, 0.29) is 5.92 Å². The summed E-state index contributed by atoms with van der Waals surface area (Å²) in [6, 6.07) is 5.87. The van der Waals surface area contributed by atoms with Crippen LogP contribution in [-0.4, -0.2) is 20.9 Å². The lowest BCUT2D eigenvalue weighted by atomic mass is 9.97. The standard InChI is InChI=1S/C13H16N2O2/c1-8(13(16)17)7-10-5-4-6-11-12(10)9(2)15(3)14-11/h4-6,8H,7H2,1-3H3,(H,16,17). The summed E-state index contributed by atoms with van der Waals surface area (Å²) in [7, 11) is 1.90. The highest BCUT2D eigenvalue weighted by Crippen LogP contribution is 2.23. The molecule has 1 aromatic heterocycles. The Morgan fingerprint density at radius 3 is 2.88 bits per heavy atom. The van der Waals surface area contributed by atoms with Gasteiger partial charge in [-0.25, -0.2) is 0 Å². The number of rotatable bonds is 3. The summed E-state index contributed by atoms with van der Waals surface area (Å²) in [4.78, 5) is 10.9. The van der Waals surface area contributed by atoms with Crippen LogP contribution in [0.15, 0.2) is 18.2 Å². The van der Waals surface area contributed by atoms with Gasteiger partial charge in [0.1, 0.15) is 0 Å². The fourth-order valence-corrected chi connectivity index (χ4v) is 2.07. The molecule has 4 heteroatoms. The average Bonchev–Trinajstić information content (AvgIpc) is 2.56. The smallest absolute Gasteiger partial charge is 0.306 e. The largest absolute Gasteiger partial charge is 0.481 e. The van der Waals surface area contributed by atoms with E-state index in [9.17, 15) is 4.79 Å². The normalized spacial score (nSPS) is 12.9. The number of aliphatic carboxylic acids is 1. The van der Waals surface area contributed by atoms with Crippen LogP contribution < -0.4 is 0 Å². The third-order valence-corrected chi connectivity index (χ3v) is 3.18. The van der Waals surface area contributed by atoms with Crippen molar-refractivity contribution in [2.75, 3.05) is 0 Å². The Morgan fingerprint density at radius 1 is 1.53 bits per heavy atom. The van der Waals surface area contributed by atoms with E-state index in [1.807, 2.05) is 36.9 Å². The van der Waals surface area contributed by atoms with Gasteiger partial charge >= 0.3 is 5.97 Å². The molecule has 0 radical (unpaired) electrons. The van der Waals surface area contributed by atoms with Crippen LogP contribution in [0.5, 0.6) is 0 Å². The van der Waals surface area contributed by atoms with Crippen LogP contribution >= 0.6 is 0 Å². The summed E-state index contributed by atoms with van der Waals surface area (Å²) in [5, 5.41) is 14.4. The zero-order valence-electron chi connectivity index (χ0n) is 10.3. The van der Waals surface area contributed by atoms with Gasteiger partial charge in [-0.3, -0.25) is 9.48 Å². The number of carboxylic acid groups (broad SMARTS) is 1. The first-order valence-electron chi connectivity index (χ1n) is 5.64. The molecule has 0 spiro atoms. The minimum Gasteiger partial charge on any atom is -0.481 e. The molecule has 0 bridgehead atoms. The van der Waals surface area contributed by atoms with Crippen molar-refractivity contribution >= 4 is 16.9 Å². The maximum Gasteiger partial charge on any atom is 0.306 e. The summed E-state index contributed by atoms with van der Waals surface area (Å²) in [5.41, 5.74) is 3.07. The topological polar surface area (TPSA) is 55.1 Å². The van der Waals surface area contributed by atoms with E-state index in [1.165, 1.54) is 0 Å². The van der Waals surface area contributed by atoms with Crippen molar-refractivity contribution in [1.29, 1.82) is 0 Å². The van der Waals surface area contributed by atoms with E-state index >= 15 is 0 Å². The number of fused-ring (bicyclic) bond motifs is 1. The summed E-state index contributed by atoms with van der Waals surface area (Å²) in [5.74, 6) is -1.14. The van der Waals surface area contributed by atoms with Gasteiger partial charge in [0.15, 0.2) is 0 Å². The second-order valence-electron chi connectivity index (χ2n) is 4.46. The first-order valence-corrected chi connectivity index (χ1v) is 5.64. The lowest BCUT2D eigenvalue weighted by molar-refractivity contribution is -0.141. The van der Waals surface area contributed by atoms with Crippen molar-refractivity contribution in [2.45, 2.75) is 20.3 Å². The van der Waals surface area contributed by atoms with Crippen LogP contribution in [0.3, 0.4) is 0 Å². The second-order valence-corrected chi connectivity index (χ2v) is 4.46. The Hall–Kier alpha value is -1.84.